The zero-order valence-corrected chi connectivity index (χ0v) is 11.0. The zero-order valence-electron chi connectivity index (χ0n) is 10.2. The Morgan fingerprint density at radius 3 is 2.67 bits per heavy atom. The number of anilines is 1. The van der Waals surface area contributed by atoms with Gasteiger partial charge < -0.3 is 15.7 Å². The number of aliphatic hydroxyl groups is 1. The van der Waals surface area contributed by atoms with Crippen LogP contribution in [0, 0.1) is 11.3 Å². The second kappa shape index (κ2) is 5.59. The maximum absolute atomic E-state index is 9.14. The van der Waals surface area contributed by atoms with Gasteiger partial charge in [0.05, 0.1) is 0 Å². The first kappa shape index (κ1) is 13.2. The molecule has 4 N–H and O–H groups in total. The maximum Gasteiger partial charge on any atom is 0.124 e. The number of aliphatic hydroxyl groups excluding tert-OH is 1. The molecule has 98 valence electrons. The standard InChI is InChI=1S/C13H18ClN3O/c14-10-1-2-12(11(7-10)13(15)16)17-5-3-9(8-18)4-6-17/h1-2,7,9,18H,3-6,8H2,(H3,15,16). The van der Waals surface area contributed by atoms with Gasteiger partial charge in [-0.2, -0.15) is 0 Å². The van der Waals surface area contributed by atoms with Crippen LogP contribution in [-0.4, -0.2) is 30.6 Å². The number of hydrogen-bond acceptors (Lipinski definition) is 3. The van der Waals surface area contributed by atoms with Gasteiger partial charge in [-0.05, 0) is 37.0 Å². The topological polar surface area (TPSA) is 73.3 Å². The van der Waals surface area contributed by atoms with E-state index in [0.29, 0.717) is 16.5 Å². The molecule has 1 fully saturated rings. The summed E-state index contributed by atoms with van der Waals surface area (Å²) >= 11 is 5.94. The van der Waals surface area contributed by atoms with Crippen LogP contribution in [0.15, 0.2) is 18.2 Å². The minimum atomic E-state index is 0.0387. The summed E-state index contributed by atoms with van der Waals surface area (Å²) in [5.74, 6) is 0.436. The fraction of sp³-hybridized carbons (Fsp3) is 0.462. The number of benzene rings is 1. The predicted octanol–water partition coefficient (Wildman–Crippen LogP) is 1.83. The van der Waals surface area contributed by atoms with E-state index in [1.807, 2.05) is 12.1 Å². The normalized spacial score (nSPS) is 16.9. The molecule has 0 aliphatic carbocycles. The number of nitrogen functional groups attached to an aromatic ring is 1. The lowest BCUT2D eigenvalue weighted by molar-refractivity contribution is 0.203. The highest BCUT2D eigenvalue weighted by Crippen LogP contribution is 2.28. The lowest BCUT2D eigenvalue weighted by Crippen LogP contribution is -2.36. The molecule has 1 aromatic carbocycles. The molecule has 1 aliphatic rings. The Balaban J connectivity index is 2.21. The van der Waals surface area contributed by atoms with Gasteiger partial charge in [0, 0.05) is 36.0 Å². The van der Waals surface area contributed by atoms with E-state index >= 15 is 0 Å². The van der Waals surface area contributed by atoms with Gasteiger partial charge in [0.15, 0.2) is 0 Å². The fourth-order valence-corrected chi connectivity index (χ4v) is 2.53. The first-order valence-corrected chi connectivity index (χ1v) is 6.49. The second-order valence-electron chi connectivity index (χ2n) is 4.69. The molecule has 1 aromatic rings. The van der Waals surface area contributed by atoms with Crippen molar-refractivity contribution >= 4 is 23.1 Å². The summed E-state index contributed by atoms with van der Waals surface area (Å²) in [6.45, 7) is 2.02. The molecular weight excluding hydrogens is 250 g/mol. The monoisotopic (exact) mass is 267 g/mol. The largest absolute Gasteiger partial charge is 0.396 e. The third-order valence-electron chi connectivity index (χ3n) is 3.46. The lowest BCUT2D eigenvalue weighted by atomic mass is 9.97. The molecular formula is C13H18ClN3O. The van der Waals surface area contributed by atoms with E-state index in [4.69, 9.17) is 27.9 Å². The van der Waals surface area contributed by atoms with Crippen molar-refractivity contribution in [2.75, 3.05) is 24.6 Å². The highest BCUT2D eigenvalue weighted by molar-refractivity contribution is 6.31. The summed E-state index contributed by atoms with van der Waals surface area (Å²) in [5, 5.41) is 17.3. The smallest absolute Gasteiger partial charge is 0.124 e. The average molecular weight is 268 g/mol. The first-order valence-electron chi connectivity index (χ1n) is 6.11. The van der Waals surface area contributed by atoms with Crippen molar-refractivity contribution < 1.29 is 5.11 Å². The molecule has 0 aromatic heterocycles. The summed E-state index contributed by atoms with van der Waals surface area (Å²) < 4.78 is 0. The van der Waals surface area contributed by atoms with Crippen molar-refractivity contribution in [2.45, 2.75) is 12.8 Å². The van der Waals surface area contributed by atoms with Gasteiger partial charge in [-0.1, -0.05) is 11.6 Å². The minimum absolute atomic E-state index is 0.0387. The molecule has 1 saturated heterocycles. The van der Waals surface area contributed by atoms with Gasteiger partial charge in [-0.25, -0.2) is 0 Å². The van der Waals surface area contributed by atoms with Crippen LogP contribution in [0.3, 0.4) is 0 Å². The van der Waals surface area contributed by atoms with Gasteiger partial charge in [-0.15, -0.1) is 0 Å². The molecule has 1 heterocycles. The van der Waals surface area contributed by atoms with E-state index in [0.717, 1.165) is 31.6 Å². The molecule has 4 nitrogen and oxygen atoms in total. The molecule has 0 atom stereocenters. The van der Waals surface area contributed by atoms with Crippen LogP contribution in [-0.2, 0) is 0 Å². The molecule has 0 radical (unpaired) electrons. The predicted molar refractivity (Wildman–Crippen MR) is 74.5 cm³/mol. The van der Waals surface area contributed by atoms with Crippen LogP contribution >= 0.6 is 11.6 Å². The van der Waals surface area contributed by atoms with Crippen molar-refractivity contribution in [1.82, 2.24) is 0 Å². The van der Waals surface area contributed by atoms with Crippen LogP contribution in [0.25, 0.3) is 0 Å². The SMILES string of the molecule is N=C(N)c1cc(Cl)ccc1N1CCC(CO)CC1. The fourth-order valence-electron chi connectivity index (χ4n) is 2.36. The Hall–Kier alpha value is -1.26. The highest BCUT2D eigenvalue weighted by Gasteiger charge is 2.21. The number of amidine groups is 1. The number of nitrogens with zero attached hydrogens (tertiary/aromatic N) is 1. The van der Waals surface area contributed by atoms with Gasteiger partial charge in [-0.3, -0.25) is 5.41 Å². The van der Waals surface area contributed by atoms with Crippen LogP contribution < -0.4 is 10.6 Å². The second-order valence-corrected chi connectivity index (χ2v) is 5.12. The van der Waals surface area contributed by atoms with Crippen molar-refractivity contribution in [3.63, 3.8) is 0 Å². The molecule has 5 heteroatoms. The molecule has 0 saturated carbocycles. The molecule has 0 bridgehead atoms. The summed E-state index contributed by atoms with van der Waals surface area (Å²) in [6.07, 6.45) is 1.94. The van der Waals surface area contributed by atoms with Gasteiger partial charge in [0.2, 0.25) is 0 Å². The number of nitrogens with one attached hydrogen (secondary N) is 1. The van der Waals surface area contributed by atoms with E-state index in [2.05, 4.69) is 4.90 Å². The van der Waals surface area contributed by atoms with Gasteiger partial charge in [0.1, 0.15) is 5.84 Å². The van der Waals surface area contributed by atoms with E-state index in [9.17, 15) is 0 Å². The third-order valence-corrected chi connectivity index (χ3v) is 3.70. The molecule has 18 heavy (non-hydrogen) atoms. The van der Waals surface area contributed by atoms with E-state index in [-0.39, 0.29) is 12.4 Å². The number of halogens is 1. The third kappa shape index (κ3) is 2.76. The number of piperidine rings is 1. The summed E-state index contributed by atoms with van der Waals surface area (Å²) in [4.78, 5) is 2.21. The highest BCUT2D eigenvalue weighted by atomic mass is 35.5. The Bertz CT molecular complexity index is 442. The van der Waals surface area contributed by atoms with Crippen LogP contribution in [0.1, 0.15) is 18.4 Å². The lowest BCUT2D eigenvalue weighted by Gasteiger charge is -2.34. The summed E-state index contributed by atoms with van der Waals surface area (Å²) in [7, 11) is 0. The average Bonchev–Trinajstić information content (AvgIpc) is 2.39. The van der Waals surface area contributed by atoms with E-state index in [1.54, 1.807) is 6.07 Å². The number of nitrogens with two attached hydrogens (primary N) is 1. The Morgan fingerprint density at radius 2 is 2.11 bits per heavy atom. The zero-order chi connectivity index (χ0) is 13.1. The van der Waals surface area contributed by atoms with Gasteiger partial charge >= 0.3 is 0 Å². The Morgan fingerprint density at radius 1 is 1.44 bits per heavy atom. The quantitative estimate of drug-likeness (QED) is 0.578. The summed E-state index contributed by atoms with van der Waals surface area (Å²) in [6, 6.07) is 5.47. The van der Waals surface area contributed by atoms with Crippen molar-refractivity contribution in [1.29, 1.82) is 5.41 Å². The van der Waals surface area contributed by atoms with Crippen LogP contribution in [0.5, 0.6) is 0 Å². The number of rotatable bonds is 3. The Labute approximate surface area is 112 Å². The van der Waals surface area contributed by atoms with Crippen LogP contribution in [0.4, 0.5) is 5.69 Å². The molecule has 0 amide bonds. The minimum Gasteiger partial charge on any atom is -0.396 e. The molecule has 0 spiro atoms. The van der Waals surface area contributed by atoms with Crippen molar-refractivity contribution in [3.05, 3.63) is 28.8 Å². The first-order chi connectivity index (χ1) is 8.61. The van der Waals surface area contributed by atoms with Crippen molar-refractivity contribution in [2.24, 2.45) is 11.7 Å². The van der Waals surface area contributed by atoms with E-state index < -0.39 is 0 Å². The van der Waals surface area contributed by atoms with Crippen LogP contribution in [0.2, 0.25) is 5.02 Å². The molecule has 1 aliphatic heterocycles. The maximum atomic E-state index is 9.14. The number of hydrogen-bond donors (Lipinski definition) is 3. The summed E-state index contributed by atoms with van der Waals surface area (Å²) in [5.41, 5.74) is 7.25. The Kier molecular flexibility index (Phi) is 4.09. The molecule has 0 unspecified atom stereocenters. The van der Waals surface area contributed by atoms with Crippen molar-refractivity contribution in [3.8, 4) is 0 Å². The van der Waals surface area contributed by atoms with Gasteiger partial charge in [0.25, 0.3) is 0 Å². The molecule has 2 rings (SSSR count). The van der Waals surface area contributed by atoms with E-state index in [1.165, 1.54) is 0 Å².